The fourth-order valence-corrected chi connectivity index (χ4v) is 2.09. The molecule has 1 amide bonds. The van der Waals surface area contributed by atoms with Gasteiger partial charge in [-0.3, -0.25) is 14.6 Å². The molecule has 1 saturated carbocycles. The van der Waals surface area contributed by atoms with Crippen molar-refractivity contribution in [3.63, 3.8) is 0 Å². The maximum atomic E-state index is 11.6. The Morgan fingerprint density at radius 3 is 2.71 bits per heavy atom. The van der Waals surface area contributed by atoms with E-state index in [2.05, 4.69) is 15.3 Å². The highest BCUT2D eigenvalue weighted by Crippen LogP contribution is 2.52. The molecule has 1 aromatic heterocycles. The van der Waals surface area contributed by atoms with Crippen molar-refractivity contribution in [3.05, 3.63) is 21.2 Å². The van der Waals surface area contributed by atoms with Crippen molar-refractivity contribution in [2.24, 2.45) is 0 Å². The summed E-state index contributed by atoms with van der Waals surface area (Å²) < 4.78 is 0. The van der Waals surface area contributed by atoms with Crippen LogP contribution in [0.3, 0.4) is 0 Å². The number of aromatic amines is 1. The fourth-order valence-electron chi connectivity index (χ4n) is 1.92. The Kier molecular flexibility index (Phi) is 1.24. The van der Waals surface area contributed by atoms with E-state index in [1.165, 1.54) is 0 Å². The van der Waals surface area contributed by atoms with Crippen LogP contribution in [0.4, 0.5) is 5.82 Å². The van der Waals surface area contributed by atoms with Gasteiger partial charge in [-0.25, -0.2) is 4.98 Å². The van der Waals surface area contributed by atoms with Gasteiger partial charge >= 0.3 is 0 Å². The second-order valence-electron chi connectivity index (χ2n) is 3.62. The van der Waals surface area contributed by atoms with Gasteiger partial charge in [0.05, 0.1) is 11.0 Å². The maximum absolute atomic E-state index is 11.6. The van der Waals surface area contributed by atoms with Crippen LogP contribution < -0.4 is 10.9 Å². The van der Waals surface area contributed by atoms with E-state index in [-0.39, 0.29) is 16.8 Å². The lowest BCUT2D eigenvalue weighted by atomic mass is 10.0. The van der Waals surface area contributed by atoms with Gasteiger partial charge in [-0.05, 0) is 24.4 Å². The van der Waals surface area contributed by atoms with E-state index in [4.69, 9.17) is 11.6 Å². The number of H-pyrrole nitrogens is 1. The summed E-state index contributed by atoms with van der Waals surface area (Å²) in [4.78, 5) is 29.4. The van der Waals surface area contributed by atoms with Crippen LogP contribution in [0.15, 0.2) is 4.79 Å². The number of hydrogen-bond acceptors (Lipinski definition) is 3. The molecule has 1 aliphatic carbocycles. The molecule has 0 aromatic carbocycles. The normalized spacial score (nSPS) is 20.8. The number of rotatable bonds is 0. The third-order valence-corrected chi connectivity index (χ3v) is 2.96. The molecule has 0 saturated heterocycles. The second kappa shape index (κ2) is 2.17. The number of aromatic nitrogens is 2. The van der Waals surface area contributed by atoms with Gasteiger partial charge < -0.3 is 5.32 Å². The van der Waals surface area contributed by atoms with Crippen molar-refractivity contribution in [3.8, 4) is 0 Å². The van der Waals surface area contributed by atoms with Crippen LogP contribution in [-0.2, 0) is 10.2 Å². The lowest BCUT2D eigenvalue weighted by Crippen LogP contribution is -2.24. The summed E-state index contributed by atoms with van der Waals surface area (Å²) in [7, 11) is 0. The minimum Gasteiger partial charge on any atom is -0.309 e. The summed E-state index contributed by atoms with van der Waals surface area (Å²) in [5.41, 5.74) is -0.455. The third kappa shape index (κ3) is 0.778. The van der Waals surface area contributed by atoms with Crippen molar-refractivity contribution in [1.29, 1.82) is 0 Å². The van der Waals surface area contributed by atoms with E-state index in [9.17, 15) is 9.59 Å². The lowest BCUT2D eigenvalue weighted by molar-refractivity contribution is -0.117. The number of hydrogen-bond donors (Lipinski definition) is 2. The van der Waals surface area contributed by atoms with Crippen LogP contribution in [-0.4, -0.2) is 15.9 Å². The van der Waals surface area contributed by atoms with Crippen molar-refractivity contribution < 1.29 is 4.79 Å². The second-order valence-corrected chi connectivity index (χ2v) is 3.97. The molecule has 2 aliphatic rings. The summed E-state index contributed by atoms with van der Waals surface area (Å²) in [6.07, 6.45) is 1.44. The first-order valence-corrected chi connectivity index (χ1v) is 4.63. The van der Waals surface area contributed by atoms with Crippen molar-refractivity contribution >= 4 is 23.3 Å². The first kappa shape index (κ1) is 7.99. The Morgan fingerprint density at radius 1 is 1.36 bits per heavy atom. The van der Waals surface area contributed by atoms with Gasteiger partial charge in [0.1, 0.15) is 5.82 Å². The van der Waals surface area contributed by atoms with Gasteiger partial charge in [0.2, 0.25) is 11.2 Å². The number of carbonyl (C=O) groups is 1. The van der Waals surface area contributed by atoms with Crippen LogP contribution in [0.25, 0.3) is 0 Å². The van der Waals surface area contributed by atoms with E-state index in [1.54, 1.807) is 0 Å². The van der Waals surface area contributed by atoms with Crippen LogP contribution >= 0.6 is 11.6 Å². The predicted octanol–water partition coefficient (Wildman–Crippen LogP) is 0.407. The molecule has 0 unspecified atom stereocenters. The van der Waals surface area contributed by atoms with Crippen LogP contribution in [0.5, 0.6) is 0 Å². The Labute approximate surface area is 83.5 Å². The number of amides is 1. The highest BCUT2D eigenvalue weighted by Gasteiger charge is 2.58. The van der Waals surface area contributed by atoms with Gasteiger partial charge in [0.15, 0.2) is 0 Å². The number of halogens is 1. The Morgan fingerprint density at radius 2 is 2.07 bits per heavy atom. The summed E-state index contributed by atoms with van der Waals surface area (Å²) in [5.74, 6) is 0.189. The number of anilines is 1. The molecule has 2 N–H and O–H groups in total. The minimum absolute atomic E-state index is 0.00625. The smallest absolute Gasteiger partial charge is 0.258 e. The molecule has 0 bridgehead atoms. The quantitative estimate of drug-likeness (QED) is 0.611. The van der Waals surface area contributed by atoms with E-state index in [1.807, 2.05) is 0 Å². The van der Waals surface area contributed by atoms with Gasteiger partial charge in [0.25, 0.3) is 5.56 Å². The SMILES string of the molecule is O=C1Nc2nc(Cl)[nH]c(=O)c2C12CC2. The molecule has 1 aliphatic heterocycles. The molecule has 5 nitrogen and oxygen atoms in total. The first-order chi connectivity index (χ1) is 6.63. The van der Waals surface area contributed by atoms with Gasteiger partial charge in [-0.1, -0.05) is 0 Å². The Hall–Kier alpha value is -1.36. The summed E-state index contributed by atoms with van der Waals surface area (Å²) in [6.45, 7) is 0. The average molecular weight is 212 g/mol. The number of nitrogens with zero attached hydrogens (tertiary/aromatic N) is 1. The molecular formula is C8H6ClN3O2. The van der Waals surface area contributed by atoms with Crippen LogP contribution in [0.2, 0.25) is 5.28 Å². The topological polar surface area (TPSA) is 74.8 Å². The molecule has 2 heterocycles. The molecule has 6 heteroatoms. The highest BCUT2D eigenvalue weighted by atomic mass is 35.5. The standard InChI is InChI=1S/C8H6ClN3O2/c9-7-11-4-3(5(13)12-7)8(1-2-8)6(14)10-4/h1-2H2,(H2,10,11,12,13,14). The van der Waals surface area contributed by atoms with E-state index in [0.29, 0.717) is 11.4 Å². The average Bonchev–Trinajstić information content (AvgIpc) is 2.78. The zero-order valence-electron chi connectivity index (χ0n) is 7.06. The van der Waals surface area contributed by atoms with Crippen LogP contribution in [0.1, 0.15) is 18.4 Å². The molecular weight excluding hydrogens is 206 g/mol. The Bertz CT molecular complexity index is 504. The van der Waals surface area contributed by atoms with Crippen molar-refractivity contribution in [2.45, 2.75) is 18.3 Å². The van der Waals surface area contributed by atoms with Crippen molar-refractivity contribution in [2.75, 3.05) is 5.32 Å². The van der Waals surface area contributed by atoms with E-state index < -0.39 is 5.41 Å². The minimum atomic E-state index is -0.597. The predicted molar refractivity (Wildman–Crippen MR) is 49.4 cm³/mol. The zero-order valence-corrected chi connectivity index (χ0v) is 7.81. The molecule has 0 atom stereocenters. The van der Waals surface area contributed by atoms with Crippen molar-refractivity contribution in [1.82, 2.24) is 9.97 Å². The van der Waals surface area contributed by atoms with Crippen LogP contribution in [0, 0.1) is 0 Å². The molecule has 72 valence electrons. The molecule has 14 heavy (non-hydrogen) atoms. The third-order valence-electron chi connectivity index (χ3n) is 2.79. The zero-order chi connectivity index (χ0) is 9.92. The molecule has 1 aromatic rings. The van der Waals surface area contributed by atoms with E-state index >= 15 is 0 Å². The van der Waals surface area contributed by atoms with Gasteiger partial charge in [0, 0.05) is 0 Å². The summed E-state index contributed by atoms with van der Waals surface area (Å²) >= 11 is 5.57. The molecule has 1 fully saturated rings. The first-order valence-electron chi connectivity index (χ1n) is 4.25. The lowest BCUT2D eigenvalue weighted by Gasteiger charge is -2.00. The Balaban J connectivity index is 2.34. The molecule has 3 rings (SSSR count). The maximum Gasteiger partial charge on any atom is 0.258 e. The highest BCUT2D eigenvalue weighted by molar-refractivity contribution is 6.28. The number of carbonyl (C=O) groups excluding carboxylic acids is 1. The summed E-state index contributed by atoms with van der Waals surface area (Å²) in [5, 5.41) is 2.58. The number of nitrogens with one attached hydrogen (secondary N) is 2. The molecule has 0 radical (unpaired) electrons. The largest absolute Gasteiger partial charge is 0.309 e. The van der Waals surface area contributed by atoms with Gasteiger partial charge in [-0.15, -0.1) is 0 Å². The summed E-state index contributed by atoms with van der Waals surface area (Å²) in [6, 6.07) is 0. The van der Waals surface area contributed by atoms with E-state index in [0.717, 1.165) is 12.8 Å². The molecule has 1 spiro atoms. The monoisotopic (exact) mass is 211 g/mol. The number of fused-ring (bicyclic) bond motifs is 2. The fraction of sp³-hybridized carbons (Fsp3) is 0.375. The van der Waals surface area contributed by atoms with Gasteiger partial charge in [-0.2, -0.15) is 0 Å².